The number of hydrogen-bond acceptors (Lipinski definition) is 2. The van der Waals surface area contributed by atoms with Gasteiger partial charge in [0.1, 0.15) is 5.75 Å². The molecule has 90 valence electrons. The Morgan fingerprint density at radius 2 is 1.81 bits per heavy atom. The number of aryl methyl sites for hydroxylation is 1. The Morgan fingerprint density at radius 3 is 2.19 bits per heavy atom. The molecular weight excluding hydrogens is 198 g/mol. The molecule has 0 amide bonds. The highest BCUT2D eigenvalue weighted by Crippen LogP contribution is 2.37. The summed E-state index contributed by atoms with van der Waals surface area (Å²) in [6, 6.07) is 4.26. The van der Waals surface area contributed by atoms with E-state index in [9.17, 15) is 0 Å². The van der Waals surface area contributed by atoms with Crippen LogP contribution in [0.25, 0.3) is 0 Å². The molecule has 16 heavy (non-hydrogen) atoms. The molecule has 0 unspecified atom stereocenters. The standard InChI is InChI=1S/C14H23NO/c1-9(2)11-8-7-10(3)13(16-6)12(11)14(4,5)15/h7-9H,15H2,1-6H3. The average molecular weight is 221 g/mol. The van der Waals surface area contributed by atoms with Crippen LogP contribution < -0.4 is 10.5 Å². The van der Waals surface area contributed by atoms with Gasteiger partial charge in [-0.1, -0.05) is 26.0 Å². The van der Waals surface area contributed by atoms with Gasteiger partial charge in [0.25, 0.3) is 0 Å². The van der Waals surface area contributed by atoms with Crippen LogP contribution in [0.15, 0.2) is 12.1 Å². The molecule has 2 nitrogen and oxygen atoms in total. The molecule has 1 aromatic rings. The zero-order chi connectivity index (χ0) is 12.5. The van der Waals surface area contributed by atoms with Crippen LogP contribution in [0, 0.1) is 6.92 Å². The summed E-state index contributed by atoms with van der Waals surface area (Å²) in [5.41, 5.74) is 9.42. The molecule has 0 bridgehead atoms. The second kappa shape index (κ2) is 4.46. The van der Waals surface area contributed by atoms with Crippen LogP contribution in [0.1, 0.15) is 50.3 Å². The van der Waals surface area contributed by atoms with Crippen LogP contribution in [0.2, 0.25) is 0 Å². The molecule has 0 fully saturated rings. The zero-order valence-corrected chi connectivity index (χ0v) is 11.2. The molecule has 0 spiro atoms. The van der Waals surface area contributed by atoms with Crippen molar-refractivity contribution in [1.82, 2.24) is 0 Å². The predicted molar refractivity (Wildman–Crippen MR) is 69.0 cm³/mol. The SMILES string of the molecule is COc1c(C)ccc(C(C)C)c1C(C)(C)N. The van der Waals surface area contributed by atoms with Crippen molar-refractivity contribution in [3.63, 3.8) is 0 Å². The minimum absolute atomic E-state index is 0.378. The first kappa shape index (κ1) is 13.0. The lowest BCUT2D eigenvalue weighted by molar-refractivity contribution is 0.389. The lowest BCUT2D eigenvalue weighted by Gasteiger charge is -2.28. The third kappa shape index (κ3) is 2.38. The molecular formula is C14H23NO. The van der Waals surface area contributed by atoms with Gasteiger partial charge in [-0.3, -0.25) is 0 Å². The molecule has 1 aromatic carbocycles. The van der Waals surface area contributed by atoms with Gasteiger partial charge in [0, 0.05) is 11.1 Å². The Morgan fingerprint density at radius 1 is 1.25 bits per heavy atom. The Hall–Kier alpha value is -1.02. The number of nitrogens with two attached hydrogens (primary N) is 1. The van der Waals surface area contributed by atoms with Gasteiger partial charge in [-0.25, -0.2) is 0 Å². The number of rotatable bonds is 3. The Labute approximate surface area is 98.8 Å². The average Bonchev–Trinajstić information content (AvgIpc) is 2.15. The lowest BCUT2D eigenvalue weighted by atomic mass is 9.84. The highest BCUT2D eigenvalue weighted by molar-refractivity contribution is 5.50. The van der Waals surface area contributed by atoms with Gasteiger partial charge in [0.2, 0.25) is 0 Å². The van der Waals surface area contributed by atoms with Crippen molar-refractivity contribution in [1.29, 1.82) is 0 Å². The predicted octanol–water partition coefficient (Wildman–Crippen LogP) is 3.32. The molecule has 2 heteroatoms. The summed E-state index contributed by atoms with van der Waals surface area (Å²) >= 11 is 0. The quantitative estimate of drug-likeness (QED) is 0.849. The van der Waals surface area contributed by atoms with Gasteiger partial charge in [0.05, 0.1) is 7.11 Å². The van der Waals surface area contributed by atoms with E-state index in [0.29, 0.717) is 5.92 Å². The first-order valence-corrected chi connectivity index (χ1v) is 5.76. The van der Waals surface area contributed by atoms with Crippen molar-refractivity contribution >= 4 is 0 Å². The van der Waals surface area contributed by atoms with Gasteiger partial charge in [-0.05, 0) is 37.8 Å². The van der Waals surface area contributed by atoms with Crippen LogP contribution in [0.4, 0.5) is 0 Å². The van der Waals surface area contributed by atoms with E-state index in [-0.39, 0.29) is 5.54 Å². The van der Waals surface area contributed by atoms with E-state index >= 15 is 0 Å². The first-order chi connectivity index (χ1) is 7.29. The topological polar surface area (TPSA) is 35.2 Å². The summed E-state index contributed by atoms with van der Waals surface area (Å²) in [6.45, 7) is 10.5. The minimum Gasteiger partial charge on any atom is -0.496 e. The Balaban J connectivity index is 3.54. The zero-order valence-electron chi connectivity index (χ0n) is 11.2. The van der Waals surface area contributed by atoms with E-state index in [1.165, 1.54) is 5.56 Å². The fourth-order valence-corrected chi connectivity index (χ4v) is 2.11. The van der Waals surface area contributed by atoms with Crippen LogP contribution in [-0.4, -0.2) is 7.11 Å². The van der Waals surface area contributed by atoms with Gasteiger partial charge >= 0.3 is 0 Å². The highest BCUT2D eigenvalue weighted by atomic mass is 16.5. The monoisotopic (exact) mass is 221 g/mol. The van der Waals surface area contributed by atoms with Gasteiger partial charge < -0.3 is 10.5 Å². The molecule has 0 atom stereocenters. The van der Waals surface area contributed by atoms with E-state index in [0.717, 1.165) is 16.9 Å². The second-order valence-electron chi connectivity index (χ2n) is 5.26. The Bertz CT molecular complexity index is 375. The van der Waals surface area contributed by atoms with Crippen molar-refractivity contribution in [2.24, 2.45) is 5.73 Å². The molecule has 0 aliphatic carbocycles. The molecule has 0 aromatic heterocycles. The highest BCUT2D eigenvalue weighted by Gasteiger charge is 2.25. The van der Waals surface area contributed by atoms with E-state index in [4.69, 9.17) is 10.5 Å². The fraction of sp³-hybridized carbons (Fsp3) is 0.571. The number of ether oxygens (including phenoxy) is 1. The van der Waals surface area contributed by atoms with Gasteiger partial charge in [0.15, 0.2) is 0 Å². The van der Waals surface area contributed by atoms with Crippen LogP contribution in [-0.2, 0) is 5.54 Å². The van der Waals surface area contributed by atoms with Gasteiger partial charge in [-0.2, -0.15) is 0 Å². The smallest absolute Gasteiger partial charge is 0.127 e. The van der Waals surface area contributed by atoms with Crippen molar-refractivity contribution < 1.29 is 4.74 Å². The summed E-state index contributed by atoms with van der Waals surface area (Å²) in [5.74, 6) is 1.38. The minimum atomic E-state index is -0.378. The summed E-state index contributed by atoms with van der Waals surface area (Å²) < 4.78 is 5.51. The lowest BCUT2D eigenvalue weighted by Crippen LogP contribution is -2.31. The molecule has 0 saturated heterocycles. The summed E-state index contributed by atoms with van der Waals surface area (Å²) in [6.07, 6.45) is 0. The fourth-order valence-electron chi connectivity index (χ4n) is 2.11. The molecule has 0 heterocycles. The molecule has 2 N–H and O–H groups in total. The molecule has 0 radical (unpaired) electrons. The van der Waals surface area contributed by atoms with E-state index in [1.54, 1.807) is 7.11 Å². The first-order valence-electron chi connectivity index (χ1n) is 5.76. The maximum absolute atomic E-state index is 6.26. The second-order valence-corrected chi connectivity index (χ2v) is 5.26. The third-order valence-corrected chi connectivity index (χ3v) is 2.86. The molecule has 1 rings (SSSR count). The number of hydrogen-bond donors (Lipinski definition) is 1. The van der Waals surface area contributed by atoms with Gasteiger partial charge in [-0.15, -0.1) is 0 Å². The summed E-state index contributed by atoms with van der Waals surface area (Å²) in [7, 11) is 1.71. The van der Waals surface area contributed by atoms with Crippen LogP contribution >= 0.6 is 0 Å². The van der Waals surface area contributed by atoms with Crippen molar-refractivity contribution in [2.75, 3.05) is 7.11 Å². The largest absolute Gasteiger partial charge is 0.496 e. The Kier molecular flexibility index (Phi) is 3.64. The van der Waals surface area contributed by atoms with Crippen molar-refractivity contribution in [3.8, 4) is 5.75 Å². The van der Waals surface area contributed by atoms with Crippen molar-refractivity contribution in [3.05, 3.63) is 28.8 Å². The molecule has 0 saturated carbocycles. The van der Waals surface area contributed by atoms with Crippen LogP contribution in [0.3, 0.4) is 0 Å². The van der Waals surface area contributed by atoms with E-state index in [1.807, 2.05) is 13.8 Å². The van der Waals surface area contributed by atoms with E-state index in [2.05, 4.69) is 32.9 Å². The maximum Gasteiger partial charge on any atom is 0.127 e. The van der Waals surface area contributed by atoms with Crippen LogP contribution in [0.5, 0.6) is 5.75 Å². The molecule has 0 aliphatic heterocycles. The number of methoxy groups -OCH3 is 1. The third-order valence-electron chi connectivity index (χ3n) is 2.86. The van der Waals surface area contributed by atoms with E-state index < -0.39 is 0 Å². The summed E-state index contributed by atoms with van der Waals surface area (Å²) in [5, 5.41) is 0. The van der Waals surface area contributed by atoms with Crippen molar-refractivity contribution in [2.45, 2.75) is 46.1 Å². The normalized spacial score (nSPS) is 12.0. The molecule has 0 aliphatic rings. The number of benzene rings is 1. The summed E-state index contributed by atoms with van der Waals surface area (Å²) in [4.78, 5) is 0. The maximum atomic E-state index is 6.26.